The van der Waals surface area contributed by atoms with Gasteiger partial charge in [0.25, 0.3) is 0 Å². The van der Waals surface area contributed by atoms with E-state index in [1.807, 2.05) is 11.8 Å². The van der Waals surface area contributed by atoms with Gasteiger partial charge in [-0.05, 0) is 43.6 Å². The highest BCUT2D eigenvalue weighted by molar-refractivity contribution is 7.99. The monoisotopic (exact) mass is 254 g/mol. The summed E-state index contributed by atoms with van der Waals surface area (Å²) in [6.45, 7) is 2.07. The Balaban J connectivity index is 1.85. The molecular weight excluding hydrogens is 236 g/mol. The predicted octanol–water partition coefficient (Wildman–Crippen LogP) is 3.96. The molecule has 0 radical (unpaired) electrons. The molecule has 1 fully saturated rings. The number of rotatable bonds is 5. The lowest BCUT2D eigenvalue weighted by Gasteiger charge is -2.12. The van der Waals surface area contributed by atoms with Crippen molar-refractivity contribution in [3.63, 3.8) is 0 Å². The Morgan fingerprint density at radius 2 is 2.24 bits per heavy atom. The van der Waals surface area contributed by atoms with Crippen molar-refractivity contribution < 1.29 is 14.3 Å². The zero-order chi connectivity index (χ0) is 12.3. The van der Waals surface area contributed by atoms with Gasteiger partial charge in [-0.1, -0.05) is 12.8 Å². The maximum Gasteiger partial charge on any atom is 0.371 e. The Bertz CT molecular complexity index is 380. The van der Waals surface area contributed by atoms with E-state index in [0.29, 0.717) is 0 Å². The summed E-state index contributed by atoms with van der Waals surface area (Å²) >= 11 is 1.87. The first-order valence-corrected chi connectivity index (χ1v) is 7.16. The van der Waals surface area contributed by atoms with Gasteiger partial charge in [0.05, 0.1) is 5.25 Å². The van der Waals surface area contributed by atoms with Crippen molar-refractivity contribution in [3.8, 4) is 0 Å². The number of carbonyl (C=O) groups is 1. The zero-order valence-electron chi connectivity index (χ0n) is 10.0. The lowest BCUT2D eigenvalue weighted by Crippen LogP contribution is -1.99. The van der Waals surface area contributed by atoms with Crippen molar-refractivity contribution in [3.05, 3.63) is 23.7 Å². The molecule has 0 bridgehead atoms. The van der Waals surface area contributed by atoms with E-state index < -0.39 is 5.97 Å². The molecule has 94 valence electrons. The molecule has 2 rings (SSSR count). The summed E-state index contributed by atoms with van der Waals surface area (Å²) in [5.74, 6) is 1.81. The summed E-state index contributed by atoms with van der Waals surface area (Å²) in [6, 6.07) is 3.31. The number of hydrogen-bond acceptors (Lipinski definition) is 3. The first-order valence-electron chi connectivity index (χ1n) is 6.11. The number of aromatic carboxylic acids is 1. The molecule has 1 unspecified atom stereocenters. The van der Waals surface area contributed by atoms with Crippen LogP contribution in [0.4, 0.5) is 0 Å². The van der Waals surface area contributed by atoms with Gasteiger partial charge in [0.1, 0.15) is 5.76 Å². The molecule has 4 heteroatoms. The molecule has 0 aliphatic heterocycles. The molecule has 3 nitrogen and oxygen atoms in total. The summed E-state index contributed by atoms with van der Waals surface area (Å²) in [5.41, 5.74) is 0. The van der Waals surface area contributed by atoms with Crippen LogP contribution in [0, 0.1) is 5.92 Å². The lowest BCUT2D eigenvalue weighted by molar-refractivity contribution is 0.0660. The highest BCUT2D eigenvalue weighted by atomic mass is 32.2. The van der Waals surface area contributed by atoms with Gasteiger partial charge in [-0.25, -0.2) is 4.79 Å². The summed E-state index contributed by atoms with van der Waals surface area (Å²) in [4.78, 5) is 10.7. The third kappa shape index (κ3) is 3.28. The van der Waals surface area contributed by atoms with Gasteiger partial charge in [0.15, 0.2) is 0 Å². The molecule has 0 amide bonds. The van der Waals surface area contributed by atoms with Gasteiger partial charge in [-0.3, -0.25) is 0 Å². The molecule has 0 saturated heterocycles. The molecule has 17 heavy (non-hydrogen) atoms. The van der Waals surface area contributed by atoms with Gasteiger partial charge < -0.3 is 9.52 Å². The van der Waals surface area contributed by atoms with E-state index in [0.717, 1.165) is 17.4 Å². The molecule has 1 aromatic rings. The van der Waals surface area contributed by atoms with Crippen molar-refractivity contribution in [1.82, 2.24) is 0 Å². The zero-order valence-corrected chi connectivity index (χ0v) is 10.8. The van der Waals surface area contributed by atoms with E-state index in [9.17, 15) is 4.79 Å². The lowest BCUT2D eigenvalue weighted by atomic mass is 10.1. The van der Waals surface area contributed by atoms with Crippen molar-refractivity contribution >= 4 is 17.7 Å². The second kappa shape index (κ2) is 5.63. The van der Waals surface area contributed by atoms with E-state index >= 15 is 0 Å². The predicted molar refractivity (Wildman–Crippen MR) is 68.5 cm³/mol. The Labute approximate surface area is 106 Å². The number of furan rings is 1. The fourth-order valence-electron chi connectivity index (χ4n) is 2.23. The minimum Gasteiger partial charge on any atom is -0.475 e. The van der Waals surface area contributed by atoms with Crippen LogP contribution in [0.3, 0.4) is 0 Å². The largest absolute Gasteiger partial charge is 0.475 e. The highest BCUT2D eigenvalue weighted by Gasteiger charge is 2.19. The Kier molecular flexibility index (Phi) is 4.15. The highest BCUT2D eigenvalue weighted by Crippen LogP contribution is 2.35. The fraction of sp³-hybridized carbons (Fsp3) is 0.615. The Morgan fingerprint density at radius 3 is 2.82 bits per heavy atom. The minimum absolute atomic E-state index is 0.0355. The van der Waals surface area contributed by atoms with Gasteiger partial charge in [-0.2, -0.15) is 11.8 Å². The number of carboxylic acids is 1. The van der Waals surface area contributed by atoms with Crippen LogP contribution >= 0.6 is 11.8 Å². The van der Waals surface area contributed by atoms with Gasteiger partial charge in [-0.15, -0.1) is 0 Å². The maximum absolute atomic E-state index is 10.7. The maximum atomic E-state index is 10.7. The van der Waals surface area contributed by atoms with E-state index in [1.165, 1.54) is 31.7 Å². The topological polar surface area (TPSA) is 50.4 Å². The summed E-state index contributed by atoms with van der Waals surface area (Å²) in [5, 5.41) is 9.02. The SMILES string of the molecule is CC(SCC1CCCC1)c1ccc(C(=O)O)o1. The molecule has 1 atom stereocenters. The summed E-state index contributed by atoms with van der Waals surface area (Å²) in [6.07, 6.45) is 5.42. The third-order valence-corrected chi connectivity index (χ3v) is 4.69. The van der Waals surface area contributed by atoms with Crippen molar-refractivity contribution in [1.29, 1.82) is 0 Å². The van der Waals surface area contributed by atoms with Gasteiger partial charge >= 0.3 is 5.97 Å². The van der Waals surface area contributed by atoms with Crippen LogP contribution < -0.4 is 0 Å². The van der Waals surface area contributed by atoms with Crippen LogP contribution in [-0.2, 0) is 0 Å². The second-order valence-electron chi connectivity index (χ2n) is 4.63. The summed E-state index contributed by atoms with van der Waals surface area (Å²) < 4.78 is 5.30. The molecule has 0 spiro atoms. The second-order valence-corrected chi connectivity index (χ2v) is 6.01. The van der Waals surface area contributed by atoms with Crippen LogP contribution in [0.15, 0.2) is 16.5 Å². The van der Waals surface area contributed by atoms with E-state index in [4.69, 9.17) is 9.52 Å². The third-order valence-electron chi connectivity index (χ3n) is 3.29. The number of thioether (sulfide) groups is 1. The fourth-order valence-corrected chi connectivity index (χ4v) is 3.41. The van der Waals surface area contributed by atoms with E-state index in [-0.39, 0.29) is 11.0 Å². The average molecular weight is 254 g/mol. The average Bonchev–Trinajstić information content (AvgIpc) is 2.96. The smallest absolute Gasteiger partial charge is 0.371 e. The van der Waals surface area contributed by atoms with Crippen LogP contribution in [0.25, 0.3) is 0 Å². The van der Waals surface area contributed by atoms with Crippen molar-refractivity contribution in [2.75, 3.05) is 5.75 Å². The minimum atomic E-state index is -0.996. The van der Waals surface area contributed by atoms with E-state index in [1.54, 1.807) is 6.07 Å². The molecule has 1 aromatic heterocycles. The molecule has 1 heterocycles. The van der Waals surface area contributed by atoms with Crippen LogP contribution in [-0.4, -0.2) is 16.8 Å². The summed E-state index contributed by atoms with van der Waals surface area (Å²) in [7, 11) is 0. The number of carboxylic acid groups (broad SMARTS) is 1. The van der Waals surface area contributed by atoms with Gasteiger partial charge in [0, 0.05) is 0 Å². The number of hydrogen-bond donors (Lipinski definition) is 1. The van der Waals surface area contributed by atoms with Crippen molar-refractivity contribution in [2.45, 2.75) is 37.9 Å². The van der Waals surface area contributed by atoms with E-state index in [2.05, 4.69) is 6.92 Å². The van der Waals surface area contributed by atoms with Crippen LogP contribution in [0.5, 0.6) is 0 Å². The van der Waals surface area contributed by atoms with Gasteiger partial charge in [0.2, 0.25) is 5.76 Å². The Hall–Kier alpha value is -0.900. The quantitative estimate of drug-likeness (QED) is 0.864. The Morgan fingerprint density at radius 1 is 1.53 bits per heavy atom. The molecule has 1 saturated carbocycles. The normalized spacial score (nSPS) is 18.4. The molecular formula is C13H18O3S. The molecule has 1 aliphatic carbocycles. The van der Waals surface area contributed by atoms with Crippen molar-refractivity contribution in [2.24, 2.45) is 5.92 Å². The van der Waals surface area contributed by atoms with Crippen LogP contribution in [0.1, 0.15) is 54.2 Å². The first-order chi connectivity index (χ1) is 8.16. The molecule has 1 N–H and O–H groups in total. The molecule has 1 aliphatic rings. The standard InChI is InChI=1S/C13H18O3S/c1-9(17-8-10-4-2-3-5-10)11-6-7-12(16-11)13(14)15/h6-7,9-10H,2-5,8H2,1H3,(H,14,15). The molecule has 0 aromatic carbocycles. The van der Waals surface area contributed by atoms with Crippen LogP contribution in [0.2, 0.25) is 0 Å². The first kappa shape index (κ1) is 12.6.